The molecule has 0 radical (unpaired) electrons. The van der Waals surface area contributed by atoms with Crippen LogP contribution in [0.25, 0.3) is 0 Å². The third kappa shape index (κ3) is 2.87. The Morgan fingerprint density at radius 1 is 1.56 bits per heavy atom. The number of halogens is 1. The molecule has 0 aliphatic carbocycles. The standard InChI is InChI=1S/C13H23ClN4/c1-4-11-13(14)12(18(3)16-11)9-17(2)10-6-5-7-15-8-10/h10,15H,4-9H2,1-3H3. The second kappa shape index (κ2) is 6.04. The molecule has 1 aliphatic rings. The number of rotatable bonds is 4. The third-order valence-corrected chi connectivity index (χ3v) is 4.23. The summed E-state index contributed by atoms with van der Waals surface area (Å²) in [7, 11) is 4.15. The topological polar surface area (TPSA) is 33.1 Å². The van der Waals surface area contributed by atoms with Gasteiger partial charge < -0.3 is 5.32 Å². The lowest BCUT2D eigenvalue weighted by molar-refractivity contribution is 0.192. The van der Waals surface area contributed by atoms with Crippen LogP contribution in [0, 0.1) is 0 Å². The van der Waals surface area contributed by atoms with Crippen LogP contribution in [-0.2, 0) is 20.0 Å². The number of nitrogens with zero attached hydrogens (tertiary/aromatic N) is 3. The van der Waals surface area contributed by atoms with E-state index in [1.807, 2.05) is 11.7 Å². The molecule has 1 unspecified atom stereocenters. The van der Waals surface area contributed by atoms with Gasteiger partial charge in [-0.2, -0.15) is 5.10 Å². The molecule has 18 heavy (non-hydrogen) atoms. The van der Waals surface area contributed by atoms with Crippen molar-refractivity contribution in [2.45, 2.75) is 38.8 Å². The Morgan fingerprint density at radius 3 is 2.89 bits per heavy atom. The van der Waals surface area contributed by atoms with E-state index in [4.69, 9.17) is 11.6 Å². The molecule has 0 amide bonds. The molecular weight excluding hydrogens is 248 g/mol. The van der Waals surface area contributed by atoms with Gasteiger partial charge in [0.05, 0.1) is 16.4 Å². The smallest absolute Gasteiger partial charge is 0.0863 e. The van der Waals surface area contributed by atoms with Gasteiger partial charge in [0.1, 0.15) is 0 Å². The van der Waals surface area contributed by atoms with Crippen LogP contribution in [0.15, 0.2) is 0 Å². The first kappa shape index (κ1) is 13.8. The maximum Gasteiger partial charge on any atom is 0.0863 e. The maximum absolute atomic E-state index is 6.39. The second-order valence-electron chi connectivity index (χ2n) is 5.10. The van der Waals surface area contributed by atoms with Gasteiger partial charge in [-0.25, -0.2) is 0 Å². The second-order valence-corrected chi connectivity index (χ2v) is 5.48. The first-order chi connectivity index (χ1) is 8.63. The van der Waals surface area contributed by atoms with Crippen LogP contribution < -0.4 is 5.32 Å². The molecular formula is C13H23ClN4. The Bertz CT molecular complexity index is 396. The quantitative estimate of drug-likeness (QED) is 0.906. The zero-order valence-corrected chi connectivity index (χ0v) is 12.3. The molecule has 0 saturated carbocycles. The van der Waals surface area contributed by atoms with Gasteiger partial charge in [-0.1, -0.05) is 18.5 Å². The van der Waals surface area contributed by atoms with Crippen LogP contribution in [0.3, 0.4) is 0 Å². The van der Waals surface area contributed by atoms with Crippen LogP contribution in [0.5, 0.6) is 0 Å². The van der Waals surface area contributed by atoms with Gasteiger partial charge in [0.25, 0.3) is 0 Å². The van der Waals surface area contributed by atoms with Gasteiger partial charge in [-0.05, 0) is 32.9 Å². The monoisotopic (exact) mass is 270 g/mol. The highest BCUT2D eigenvalue weighted by Gasteiger charge is 2.21. The van der Waals surface area contributed by atoms with Crippen molar-refractivity contribution in [3.05, 3.63) is 16.4 Å². The fraction of sp³-hybridized carbons (Fsp3) is 0.769. The number of likely N-dealkylation sites (N-methyl/N-ethyl adjacent to an activating group) is 1. The normalized spacial score (nSPS) is 20.6. The number of aromatic nitrogens is 2. The average Bonchev–Trinajstić information content (AvgIpc) is 2.67. The summed E-state index contributed by atoms with van der Waals surface area (Å²) in [5.41, 5.74) is 2.13. The lowest BCUT2D eigenvalue weighted by Gasteiger charge is -2.31. The average molecular weight is 271 g/mol. The van der Waals surface area contributed by atoms with Gasteiger partial charge in [0.2, 0.25) is 0 Å². The third-order valence-electron chi connectivity index (χ3n) is 3.80. The summed E-state index contributed by atoms with van der Waals surface area (Å²) in [6, 6.07) is 0.606. The van der Waals surface area contributed by atoms with Crippen LogP contribution in [0.2, 0.25) is 5.02 Å². The predicted molar refractivity (Wildman–Crippen MR) is 75.0 cm³/mol. The Kier molecular flexibility index (Phi) is 4.65. The molecule has 2 heterocycles. The molecule has 0 spiro atoms. The van der Waals surface area contributed by atoms with Crippen LogP contribution in [-0.4, -0.2) is 40.9 Å². The van der Waals surface area contributed by atoms with Gasteiger partial charge in [0.15, 0.2) is 0 Å². The summed E-state index contributed by atoms with van der Waals surface area (Å²) in [6.45, 7) is 5.19. The summed E-state index contributed by atoms with van der Waals surface area (Å²) < 4.78 is 1.92. The highest BCUT2D eigenvalue weighted by molar-refractivity contribution is 6.31. The minimum absolute atomic E-state index is 0.606. The number of aryl methyl sites for hydroxylation is 2. The van der Waals surface area contributed by atoms with Crippen molar-refractivity contribution in [2.75, 3.05) is 20.1 Å². The van der Waals surface area contributed by atoms with Gasteiger partial charge in [-0.15, -0.1) is 0 Å². The van der Waals surface area contributed by atoms with Gasteiger partial charge in [-0.3, -0.25) is 9.58 Å². The fourth-order valence-electron chi connectivity index (χ4n) is 2.57. The highest BCUT2D eigenvalue weighted by Crippen LogP contribution is 2.23. The number of hydrogen-bond acceptors (Lipinski definition) is 3. The zero-order valence-electron chi connectivity index (χ0n) is 11.5. The molecule has 1 aliphatic heterocycles. The predicted octanol–water partition coefficient (Wildman–Crippen LogP) is 1.82. The summed E-state index contributed by atoms with van der Waals surface area (Å²) in [4.78, 5) is 2.38. The van der Waals surface area contributed by atoms with Crippen molar-refractivity contribution >= 4 is 11.6 Å². The number of hydrogen-bond donors (Lipinski definition) is 1. The van der Waals surface area contributed by atoms with Crippen molar-refractivity contribution < 1.29 is 0 Å². The minimum atomic E-state index is 0.606. The van der Waals surface area contributed by atoms with E-state index in [-0.39, 0.29) is 0 Å². The Labute approximate surface area is 114 Å². The van der Waals surface area contributed by atoms with Gasteiger partial charge >= 0.3 is 0 Å². The molecule has 2 rings (SSSR count). The molecule has 0 aromatic carbocycles. The summed E-state index contributed by atoms with van der Waals surface area (Å²) >= 11 is 6.39. The van der Waals surface area contributed by atoms with E-state index in [1.165, 1.54) is 12.8 Å². The summed E-state index contributed by atoms with van der Waals surface area (Å²) in [6.07, 6.45) is 3.41. The first-order valence-corrected chi connectivity index (χ1v) is 7.12. The molecule has 4 nitrogen and oxygen atoms in total. The first-order valence-electron chi connectivity index (χ1n) is 6.74. The number of piperidine rings is 1. The lowest BCUT2D eigenvalue weighted by atomic mass is 10.1. The molecule has 1 aromatic rings. The van der Waals surface area contributed by atoms with E-state index >= 15 is 0 Å². The summed E-state index contributed by atoms with van der Waals surface area (Å²) in [5, 5.41) is 8.76. The largest absolute Gasteiger partial charge is 0.315 e. The summed E-state index contributed by atoms with van der Waals surface area (Å²) in [5.74, 6) is 0. The highest BCUT2D eigenvalue weighted by atomic mass is 35.5. The fourth-order valence-corrected chi connectivity index (χ4v) is 2.92. The van der Waals surface area contributed by atoms with E-state index in [1.54, 1.807) is 0 Å². The minimum Gasteiger partial charge on any atom is -0.315 e. The van der Waals surface area contributed by atoms with E-state index < -0.39 is 0 Å². The van der Waals surface area contributed by atoms with E-state index in [9.17, 15) is 0 Å². The Morgan fingerprint density at radius 2 is 2.33 bits per heavy atom. The Hall–Kier alpha value is -0.580. The SMILES string of the molecule is CCc1nn(C)c(CN(C)C2CCCNC2)c1Cl. The van der Waals surface area contributed by atoms with E-state index in [0.29, 0.717) is 6.04 Å². The number of nitrogens with one attached hydrogen (secondary N) is 1. The molecule has 5 heteroatoms. The molecule has 102 valence electrons. The van der Waals surface area contributed by atoms with Crippen molar-refractivity contribution in [3.63, 3.8) is 0 Å². The molecule has 1 saturated heterocycles. The van der Waals surface area contributed by atoms with Crippen molar-refractivity contribution in [1.29, 1.82) is 0 Å². The molecule has 1 aromatic heterocycles. The molecule has 0 bridgehead atoms. The molecule has 1 fully saturated rings. The van der Waals surface area contributed by atoms with E-state index in [0.717, 1.165) is 42.5 Å². The van der Waals surface area contributed by atoms with E-state index in [2.05, 4.69) is 29.3 Å². The van der Waals surface area contributed by atoms with Crippen molar-refractivity contribution in [1.82, 2.24) is 20.0 Å². The van der Waals surface area contributed by atoms with Gasteiger partial charge in [0, 0.05) is 26.2 Å². The zero-order chi connectivity index (χ0) is 13.1. The van der Waals surface area contributed by atoms with Crippen LogP contribution in [0.1, 0.15) is 31.2 Å². The molecule has 1 atom stereocenters. The Balaban J connectivity index is 2.06. The lowest BCUT2D eigenvalue weighted by Crippen LogP contribution is -2.43. The van der Waals surface area contributed by atoms with Crippen molar-refractivity contribution in [3.8, 4) is 0 Å². The maximum atomic E-state index is 6.39. The van der Waals surface area contributed by atoms with Crippen molar-refractivity contribution in [2.24, 2.45) is 7.05 Å². The molecule has 1 N–H and O–H groups in total. The van der Waals surface area contributed by atoms with Crippen LogP contribution >= 0.6 is 11.6 Å². The van der Waals surface area contributed by atoms with Crippen LogP contribution in [0.4, 0.5) is 0 Å².